The van der Waals surface area contributed by atoms with Crippen LogP contribution in [0.3, 0.4) is 0 Å². The van der Waals surface area contributed by atoms with Crippen LogP contribution in [0.4, 0.5) is 5.13 Å². The van der Waals surface area contributed by atoms with E-state index in [9.17, 15) is 10.1 Å². The van der Waals surface area contributed by atoms with E-state index in [1.807, 2.05) is 68.4 Å². The van der Waals surface area contributed by atoms with Gasteiger partial charge in [-0.25, -0.2) is 4.98 Å². The summed E-state index contributed by atoms with van der Waals surface area (Å²) in [5.41, 5.74) is 2.37. The number of nitriles is 1. The first-order valence-electron chi connectivity index (χ1n) is 11.5. The van der Waals surface area contributed by atoms with Crippen LogP contribution < -0.4 is 19.5 Å². The second kappa shape index (κ2) is 11.9. The molecule has 0 saturated heterocycles. The Kier molecular flexibility index (Phi) is 8.16. The van der Waals surface area contributed by atoms with E-state index in [1.54, 1.807) is 18.2 Å². The summed E-state index contributed by atoms with van der Waals surface area (Å²) in [6.07, 6.45) is 1.51. The zero-order valence-electron chi connectivity index (χ0n) is 20.0. The van der Waals surface area contributed by atoms with E-state index < -0.39 is 5.91 Å². The fourth-order valence-electron chi connectivity index (χ4n) is 3.43. The lowest BCUT2D eigenvalue weighted by atomic mass is 10.1. The second-order valence-corrected chi connectivity index (χ2v) is 8.65. The van der Waals surface area contributed by atoms with E-state index in [4.69, 9.17) is 14.2 Å². The first-order chi connectivity index (χ1) is 17.6. The molecule has 8 heteroatoms. The number of rotatable bonds is 10. The molecule has 0 radical (unpaired) electrons. The molecule has 182 valence electrons. The maximum atomic E-state index is 12.8. The molecule has 0 bridgehead atoms. The zero-order valence-corrected chi connectivity index (χ0v) is 20.8. The van der Waals surface area contributed by atoms with Crippen molar-refractivity contribution in [2.75, 3.05) is 18.5 Å². The Balaban J connectivity index is 1.50. The highest BCUT2D eigenvalue weighted by Gasteiger charge is 2.14. The van der Waals surface area contributed by atoms with Gasteiger partial charge >= 0.3 is 0 Å². The molecule has 1 aromatic heterocycles. The van der Waals surface area contributed by atoms with Crippen molar-refractivity contribution in [2.24, 2.45) is 0 Å². The summed E-state index contributed by atoms with van der Waals surface area (Å²) < 4.78 is 18.1. The number of amides is 1. The van der Waals surface area contributed by atoms with E-state index in [0.29, 0.717) is 42.0 Å². The fourth-order valence-corrected chi connectivity index (χ4v) is 4.32. The van der Waals surface area contributed by atoms with Crippen molar-refractivity contribution in [3.8, 4) is 23.3 Å². The van der Waals surface area contributed by atoms with Gasteiger partial charge in [0.1, 0.15) is 24.0 Å². The summed E-state index contributed by atoms with van der Waals surface area (Å²) in [4.78, 5) is 17.2. The molecule has 1 amide bonds. The SMILES string of the molecule is CCOc1ccc2nc(NC(=O)/C(C#N)=C/c3ccc(OCc4ccccc4)c(OCC)c3)sc2c1. The number of aromatic nitrogens is 1. The molecule has 4 rings (SSSR count). The number of nitrogens with zero attached hydrogens (tertiary/aromatic N) is 2. The predicted octanol–water partition coefficient (Wildman–Crippen LogP) is 6.22. The van der Waals surface area contributed by atoms with E-state index in [1.165, 1.54) is 17.4 Å². The van der Waals surface area contributed by atoms with Gasteiger partial charge in [-0.1, -0.05) is 47.7 Å². The zero-order chi connectivity index (χ0) is 25.3. The topological polar surface area (TPSA) is 93.5 Å². The van der Waals surface area contributed by atoms with Crippen LogP contribution in [0.2, 0.25) is 0 Å². The smallest absolute Gasteiger partial charge is 0.268 e. The van der Waals surface area contributed by atoms with Crippen molar-refractivity contribution in [3.63, 3.8) is 0 Å². The third kappa shape index (κ3) is 6.20. The Hall–Kier alpha value is -4.35. The molecule has 0 unspecified atom stereocenters. The first-order valence-corrected chi connectivity index (χ1v) is 12.3. The number of carbonyl (C=O) groups excluding carboxylic acids is 1. The Morgan fingerprint density at radius 2 is 1.81 bits per heavy atom. The quantitative estimate of drug-likeness (QED) is 0.206. The number of thiazole rings is 1. The highest BCUT2D eigenvalue weighted by atomic mass is 32.1. The van der Waals surface area contributed by atoms with Crippen molar-refractivity contribution in [3.05, 3.63) is 83.4 Å². The number of anilines is 1. The molecule has 0 saturated carbocycles. The predicted molar refractivity (Wildman–Crippen MR) is 141 cm³/mol. The van der Waals surface area contributed by atoms with Crippen LogP contribution in [0.15, 0.2) is 72.3 Å². The molecular weight excluding hydrogens is 474 g/mol. The summed E-state index contributed by atoms with van der Waals surface area (Å²) in [6, 6.07) is 22.7. The fraction of sp³-hybridized carbons (Fsp3) is 0.179. The lowest BCUT2D eigenvalue weighted by Crippen LogP contribution is -2.13. The van der Waals surface area contributed by atoms with Gasteiger partial charge in [-0.2, -0.15) is 5.26 Å². The molecule has 3 aromatic carbocycles. The maximum Gasteiger partial charge on any atom is 0.268 e. The van der Waals surface area contributed by atoms with Crippen molar-refractivity contribution in [1.82, 2.24) is 4.98 Å². The molecular formula is C28H25N3O4S. The van der Waals surface area contributed by atoms with Crippen LogP contribution in [0.1, 0.15) is 25.0 Å². The first kappa shape index (κ1) is 24.8. The van der Waals surface area contributed by atoms with Crippen LogP contribution in [-0.4, -0.2) is 24.1 Å². The summed E-state index contributed by atoms with van der Waals surface area (Å²) in [6.45, 7) is 5.21. The summed E-state index contributed by atoms with van der Waals surface area (Å²) in [5, 5.41) is 12.8. The van der Waals surface area contributed by atoms with Crippen LogP contribution >= 0.6 is 11.3 Å². The Morgan fingerprint density at radius 3 is 2.56 bits per heavy atom. The number of hydrogen-bond acceptors (Lipinski definition) is 7. The van der Waals surface area contributed by atoms with Gasteiger partial charge in [0.25, 0.3) is 5.91 Å². The molecule has 1 heterocycles. The summed E-state index contributed by atoms with van der Waals surface area (Å²) in [5.74, 6) is 1.33. The highest BCUT2D eigenvalue weighted by Crippen LogP contribution is 2.31. The minimum atomic E-state index is -0.538. The van der Waals surface area contributed by atoms with Crippen molar-refractivity contribution < 1.29 is 19.0 Å². The van der Waals surface area contributed by atoms with Gasteiger partial charge in [0.05, 0.1) is 23.4 Å². The molecule has 36 heavy (non-hydrogen) atoms. The van der Waals surface area contributed by atoms with E-state index in [0.717, 1.165) is 21.5 Å². The van der Waals surface area contributed by atoms with Crippen molar-refractivity contribution in [2.45, 2.75) is 20.5 Å². The molecule has 7 nitrogen and oxygen atoms in total. The van der Waals surface area contributed by atoms with Crippen LogP contribution in [0, 0.1) is 11.3 Å². The summed E-state index contributed by atoms with van der Waals surface area (Å²) >= 11 is 1.32. The molecule has 0 aliphatic carbocycles. The van der Waals surface area contributed by atoms with Gasteiger partial charge in [-0.15, -0.1) is 0 Å². The van der Waals surface area contributed by atoms with Crippen LogP contribution in [0.25, 0.3) is 16.3 Å². The van der Waals surface area contributed by atoms with Crippen molar-refractivity contribution >= 4 is 38.7 Å². The monoisotopic (exact) mass is 499 g/mol. The third-order valence-corrected chi connectivity index (χ3v) is 6.01. The number of fused-ring (bicyclic) bond motifs is 1. The molecule has 4 aromatic rings. The van der Waals surface area contributed by atoms with Crippen molar-refractivity contribution in [1.29, 1.82) is 5.26 Å². The Bertz CT molecular complexity index is 1420. The van der Waals surface area contributed by atoms with Gasteiger partial charge in [0.2, 0.25) is 0 Å². The average molecular weight is 500 g/mol. The lowest BCUT2D eigenvalue weighted by molar-refractivity contribution is -0.112. The molecule has 0 spiro atoms. The number of benzene rings is 3. The van der Waals surface area contributed by atoms with Gasteiger partial charge < -0.3 is 14.2 Å². The Morgan fingerprint density at radius 1 is 1.00 bits per heavy atom. The molecule has 0 aliphatic heterocycles. The minimum Gasteiger partial charge on any atom is -0.494 e. The largest absolute Gasteiger partial charge is 0.494 e. The number of hydrogen-bond donors (Lipinski definition) is 1. The number of ether oxygens (including phenoxy) is 3. The highest BCUT2D eigenvalue weighted by molar-refractivity contribution is 7.22. The van der Waals surface area contributed by atoms with Gasteiger partial charge in [-0.3, -0.25) is 10.1 Å². The normalized spacial score (nSPS) is 11.1. The molecule has 1 N–H and O–H groups in total. The van der Waals surface area contributed by atoms with Crippen LogP contribution in [0.5, 0.6) is 17.2 Å². The average Bonchev–Trinajstić information content (AvgIpc) is 3.29. The molecule has 0 fully saturated rings. The minimum absolute atomic E-state index is 0.0512. The standard InChI is InChI=1S/C28H25N3O4S/c1-3-33-22-11-12-23-26(16-22)36-28(30-23)31-27(32)21(17-29)14-20-10-13-24(25(15-20)34-4-2)35-18-19-8-6-5-7-9-19/h5-16H,3-4,18H2,1-2H3,(H,30,31,32)/b21-14+. The maximum absolute atomic E-state index is 12.8. The van der Waals surface area contributed by atoms with Gasteiger partial charge in [-0.05, 0) is 61.4 Å². The van der Waals surface area contributed by atoms with Gasteiger partial charge in [0.15, 0.2) is 16.6 Å². The molecule has 0 aliphatic rings. The third-order valence-electron chi connectivity index (χ3n) is 5.07. The summed E-state index contributed by atoms with van der Waals surface area (Å²) in [7, 11) is 0. The van der Waals surface area contributed by atoms with Crippen LogP contribution in [-0.2, 0) is 11.4 Å². The second-order valence-electron chi connectivity index (χ2n) is 7.62. The van der Waals surface area contributed by atoms with E-state index in [2.05, 4.69) is 10.3 Å². The number of carbonyl (C=O) groups is 1. The molecule has 0 atom stereocenters. The number of nitrogens with one attached hydrogen (secondary N) is 1. The van der Waals surface area contributed by atoms with E-state index in [-0.39, 0.29) is 5.57 Å². The Labute approximate surface area is 213 Å². The van der Waals surface area contributed by atoms with E-state index >= 15 is 0 Å². The lowest BCUT2D eigenvalue weighted by Gasteiger charge is -2.13. The van der Waals surface area contributed by atoms with Gasteiger partial charge in [0, 0.05) is 0 Å².